The van der Waals surface area contributed by atoms with Crippen LogP contribution in [0.2, 0.25) is 0 Å². The van der Waals surface area contributed by atoms with Crippen molar-refractivity contribution in [3.8, 4) is 0 Å². The van der Waals surface area contributed by atoms with Crippen LogP contribution in [0, 0.1) is 0 Å². The number of hydrogen-bond acceptors (Lipinski definition) is 4. The number of nitrogens with two attached hydrogens (primary N) is 1. The molecule has 1 saturated heterocycles. The maximum absolute atomic E-state index is 9.92. The first kappa shape index (κ1) is 12.3. The molecule has 1 aromatic heterocycles. The Bertz CT molecular complexity index is 375. The van der Waals surface area contributed by atoms with Crippen LogP contribution in [0.3, 0.4) is 0 Å². The van der Waals surface area contributed by atoms with E-state index in [2.05, 4.69) is 16.8 Å². The number of anilines is 1. The van der Waals surface area contributed by atoms with Crippen molar-refractivity contribution in [2.45, 2.75) is 38.3 Å². The molecule has 2 atom stereocenters. The summed E-state index contributed by atoms with van der Waals surface area (Å²) in [6.07, 6.45) is 3.56. The van der Waals surface area contributed by atoms with Crippen LogP contribution in [-0.2, 0) is 0 Å². The van der Waals surface area contributed by atoms with Crippen LogP contribution >= 0.6 is 0 Å². The average molecular weight is 235 g/mol. The minimum Gasteiger partial charge on any atom is -0.388 e. The molecule has 0 aliphatic carbocycles. The highest BCUT2D eigenvalue weighted by molar-refractivity contribution is 5.46. The van der Waals surface area contributed by atoms with Crippen molar-refractivity contribution in [2.24, 2.45) is 5.73 Å². The maximum atomic E-state index is 9.92. The lowest BCUT2D eigenvalue weighted by atomic mass is 10.1. The van der Waals surface area contributed by atoms with Crippen LogP contribution in [-0.4, -0.2) is 28.8 Å². The monoisotopic (exact) mass is 235 g/mol. The standard InChI is InChI=1S/C13H21N3O/c1-3-11(14)12-5-4-10(8-15-12)16-7-6-13(2,17)9-16/h4-5,8,11,17H,3,6-7,9,14H2,1-2H3/t11-,13?/m0/s1. The second kappa shape index (κ2) is 4.63. The van der Waals surface area contributed by atoms with Crippen molar-refractivity contribution in [1.82, 2.24) is 4.98 Å². The third-order valence-electron chi connectivity index (χ3n) is 3.41. The molecule has 4 nitrogen and oxygen atoms in total. The fourth-order valence-electron chi connectivity index (χ4n) is 2.18. The smallest absolute Gasteiger partial charge is 0.0810 e. The Morgan fingerprint density at radius 1 is 1.59 bits per heavy atom. The van der Waals surface area contributed by atoms with Gasteiger partial charge in [0.25, 0.3) is 0 Å². The lowest BCUT2D eigenvalue weighted by Gasteiger charge is -2.21. The van der Waals surface area contributed by atoms with Crippen molar-refractivity contribution in [1.29, 1.82) is 0 Å². The van der Waals surface area contributed by atoms with Crippen LogP contribution in [0.4, 0.5) is 5.69 Å². The van der Waals surface area contributed by atoms with E-state index in [0.717, 1.165) is 30.8 Å². The van der Waals surface area contributed by atoms with E-state index in [1.54, 1.807) is 0 Å². The fourth-order valence-corrected chi connectivity index (χ4v) is 2.18. The van der Waals surface area contributed by atoms with Crippen molar-refractivity contribution < 1.29 is 5.11 Å². The van der Waals surface area contributed by atoms with Gasteiger partial charge in [0.15, 0.2) is 0 Å². The van der Waals surface area contributed by atoms with Gasteiger partial charge in [-0.3, -0.25) is 4.98 Å². The Morgan fingerprint density at radius 2 is 2.35 bits per heavy atom. The summed E-state index contributed by atoms with van der Waals surface area (Å²) in [4.78, 5) is 6.55. The first-order valence-electron chi connectivity index (χ1n) is 6.21. The highest BCUT2D eigenvalue weighted by atomic mass is 16.3. The zero-order valence-corrected chi connectivity index (χ0v) is 10.6. The summed E-state index contributed by atoms with van der Waals surface area (Å²) < 4.78 is 0. The molecule has 1 fully saturated rings. The largest absolute Gasteiger partial charge is 0.388 e. The Labute approximate surface area is 102 Å². The van der Waals surface area contributed by atoms with E-state index in [4.69, 9.17) is 5.73 Å². The molecule has 3 N–H and O–H groups in total. The van der Waals surface area contributed by atoms with Gasteiger partial charge in [-0.05, 0) is 31.9 Å². The molecule has 1 aliphatic heterocycles. The first-order chi connectivity index (χ1) is 8.02. The maximum Gasteiger partial charge on any atom is 0.0810 e. The van der Waals surface area contributed by atoms with E-state index in [-0.39, 0.29) is 6.04 Å². The molecule has 0 radical (unpaired) electrons. The summed E-state index contributed by atoms with van der Waals surface area (Å²) in [6, 6.07) is 4.04. The average Bonchev–Trinajstić information content (AvgIpc) is 2.69. The van der Waals surface area contributed by atoms with Crippen LogP contribution in [0.1, 0.15) is 38.4 Å². The number of hydrogen-bond donors (Lipinski definition) is 2. The lowest BCUT2D eigenvalue weighted by molar-refractivity contribution is 0.0839. The molecule has 1 unspecified atom stereocenters. The van der Waals surface area contributed by atoms with E-state index in [9.17, 15) is 5.11 Å². The van der Waals surface area contributed by atoms with E-state index in [0.29, 0.717) is 6.54 Å². The van der Waals surface area contributed by atoms with Gasteiger partial charge in [0.05, 0.1) is 23.2 Å². The molecule has 0 aromatic carbocycles. The third-order valence-corrected chi connectivity index (χ3v) is 3.41. The van der Waals surface area contributed by atoms with Gasteiger partial charge in [-0.2, -0.15) is 0 Å². The molecular weight excluding hydrogens is 214 g/mol. The normalized spacial score (nSPS) is 26.2. The van der Waals surface area contributed by atoms with E-state index >= 15 is 0 Å². The summed E-state index contributed by atoms with van der Waals surface area (Å²) in [6.45, 7) is 5.49. The predicted molar refractivity (Wildman–Crippen MR) is 68.9 cm³/mol. The number of pyridine rings is 1. The lowest BCUT2D eigenvalue weighted by Crippen LogP contribution is -2.29. The van der Waals surface area contributed by atoms with Crippen molar-refractivity contribution in [3.05, 3.63) is 24.0 Å². The molecule has 1 aromatic rings. The van der Waals surface area contributed by atoms with E-state index < -0.39 is 5.60 Å². The third kappa shape index (κ3) is 2.76. The SMILES string of the molecule is CC[C@H](N)c1ccc(N2CCC(C)(O)C2)cn1. The summed E-state index contributed by atoms with van der Waals surface area (Å²) in [7, 11) is 0. The van der Waals surface area contributed by atoms with Crippen LogP contribution in [0.25, 0.3) is 0 Å². The first-order valence-corrected chi connectivity index (χ1v) is 6.21. The molecule has 94 valence electrons. The molecule has 2 heterocycles. The number of aliphatic hydroxyl groups is 1. The van der Waals surface area contributed by atoms with Gasteiger partial charge < -0.3 is 15.7 Å². The second-order valence-electron chi connectivity index (χ2n) is 5.12. The quantitative estimate of drug-likeness (QED) is 0.832. The highest BCUT2D eigenvalue weighted by Crippen LogP contribution is 2.26. The minimum absolute atomic E-state index is 0.0192. The summed E-state index contributed by atoms with van der Waals surface area (Å²) in [5.74, 6) is 0. The number of β-amino-alcohol motifs (C(OH)–C–C–N with tert-alkyl or cyclic N) is 1. The number of nitrogens with zero attached hydrogens (tertiary/aromatic N) is 2. The fraction of sp³-hybridized carbons (Fsp3) is 0.615. The van der Waals surface area contributed by atoms with E-state index in [1.165, 1.54) is 0 Å². The van der Waals surface area contributed by atoms with Gasteiger partial charge in [0, 0.05) is 19.1 Å². The molecule has 0 spiro atoms. The molecule has 17 heavy (non-hydrogen) atoms. The van der Waals surface area contributed by atoms with Gasteiger partial charge in [-0.1, -0.05) is 6.92 Å². The number of rotatable bonds is 3. The molecule has 0 bridgehead atoms. The Hall–Kier alpha value is -1.13. The van der Waals surface area contributed by atoms with Crippen molar-refractivity contribution in [2.75, 3.05) is 18.0 Å². The number of aromatic nitrogens is 1. The predicted octanol–water partition coefficient (Wildman–Crippen LogP) is 1.45. The summed E-state index contributed by atoms with van der Waals surface area (Å²) >= 11 is 0. The van der Waals surface area contributed by atoms with Crippen molar-refractivity contribution >= 4 is 5.69 Å². The second-order valence-corrected chi connectivity index (χ2v) is 5.12. The van der Waals surface area contributed by atoms with E-state index in [1.807, 2.05) is 25.3 Å². The zero-order chi connectivity index (χ0) is 12.5. The molecule has 2 rings (SSSR count). The molecule has 0 saturated carbocycles. The highest BCUT2D eigenvalue weighted by Gasteiger charge is 2.31. The van der Waals surface area contributed by atoms with Gasteiger partial charge in [-0.15, -0.1) is 0 Å². The van der Waals surface area contributed by atoms with Gasteiger partial charge in [0.1, 0.15) is 0 Å². The van der Waals surface area contributed by atoms with Crippen molar-refractivity contribution in [3.63, 3.8) is 0 Å². The molecule has 1 aliphatic rings. The zero-order valence-electron chi connectivity index (χ0n) is 10.6. The van der Waals surface area contributed by atoms with Gasteiger partial charge in [0.2, 0.25) is 0 Å². The minimum atomic E-state index is -0.571. The summed E-state index contributed by atoms with van der Waals surface area (Å²) in [5, 5.41) is 9.92. The topological polar surface area (TPSA) is 62.4 Å². The van der Waals surface area contributed by atoms with Crippen LogP contribution < -0.4 is 10.6 Å². The Kier molecular flexibility index (Phi) is 3.35. The van der Waals surface area contributed by atoms with Crippen LogP contribution in [0.5, 0.6) is 0 Å². The Balaban J connectivity index is 2.09. The molecule has 0 amide bonds. The molecule has 4 heteroatoms. The Morgan fingerprint density at radius 3 is 2.82 bits per heavy atom. The summed E-state index contributed by atoms with van der Waals surface area (Å²) in [5.41, 5.74) is 7.35. The van der Waals surface area contributed by atoms with Gasteiger partial charge in [-0.25, -0.2) is 0 Å². The molecular formula is C13H21N3O. The van der Waals surface area contributed by atoms with Gasteiger partial charge >= 0.3 is 0 Å². The van der Waals surface area contributed by atoms with Crippen LogP contribution in [0.15, 0.2) is 18.3 Å².